The van der Waals surface area contributed by atoms with Gasteiger partial charge in [0.2, 0.25) is 5.91 Å². The van der Waals surface area contributed by atoms with Crippen molar-refractivity contribution in [3.05, 3.63) is 23.9 Å². The molecule has 3 atom stereocenters. The van der Waals surface area contributed by atoms with Crippen LogP contribution in [0.2, 0.25) is 0 Å². The molecule has 0 spiro atoms. The number of hydrogen-bond acceptors (Lipinski definition) is 6. The van der Waals surface area contributed by atoms with Gasteiger partial charge in [-0.1, -0.05) is 6.92 Å². The number of rotatable bonds is 7. The lowest BCUT2D eigenvalue weighted by atomic mass is 9.83. The normalized spacial score (nSPS) is 23.3. The summed E-state index contributed by atoms with van der Waals surface area (Å²) < 4.78 is 9.35. The standard InChI is InChI=1S/C17H27N7O2/c1-3-8-26-13-5-4-11(9-12(13)18)17-21-15(10-14(19)25)22-24(17)16-6-7-20-23(16)2/h6-7,11-13H,3-5,8-10,18H2,1-2H3,(H2,19,25)/t11-,12+,13+/m0/s1. The summed E-state index contributed by atoms with van der Waals surface area (Å²) in [6, 6.07) is 1.82. The predicted molar refractivity (Wildman–Crippen MR) is 95.6 cm³/mol. The predicted octanol–water partition coefficient (Wildman–Crippen LogP) is 0.419. The number of aromatic nitrogens is 5. The summed E-state index contributed by atoms with van der Waals surface area (Å²) in [7, 11) is 1.84. The number of nitrogens with two attached hydrogens (primary N) is 2. The van der Waals surface area contributed by atoms with E-state index in [0.717, 1.165) is 43.9 Å². The lowest BCUT2D eigenvalue weighted by molar-refractivity contribution is -0.117. The van der Waals surface area contributed by atoms with E-state index in [-0.39, 0.29) is 24.5 Å². The fourth-order valence-electron chi connectivity index (χ4n) is 3.50. The highest BCUT2D eigenvalue weighted by atomic mass is 16.5. The monoisotopic (exact) mass is 361 g/mol. The Labute approximate surface area is 152 Å². The van der Waals surface area contributed by atoms with Crippen LogP contribution in [0.1, 0.15) is 50.2 Å². The van der Waals surface area contributed by atoms with Crippen molar-refractivity contribution < 1.29 is 9.53 Å². The van der Waals surface area contributed by atoms with Gasteiger partial charge in [-0.25, -0.2) is 4.98 Å². The van der Waals surface area contributed by atoms with E-state index in [1.54, 1.807) is 15.6 Å². The number of primary amides is 1. The quantitative estimate of drug-likeness (QED) is 0.736. The lowest BCUT2D eigenvalue weighted by Crippen LogP contribution is -2.42. The molecular weight excluding hydrogens is 334 g/mol. The molecule has 2 heterocycles. The summed E-state index contributed by atoms with van der Waals surface area (Å²) in [4.78, 5) is 15.9. The van der Waals surface area contributed by atoms with E-state index in [2.05, 4.69) is 22.1 Å². The van der Waals surface area contributed by atoms with Gasteiger partial charge in [-0.05, 0) is 25.7 Å². The fourth-order valence-corrected chi connectivity index (χ4v) is 3.50. The van der Waals surface area contributed by atoms with Crippen LogP contribution in [0.5, 0.6) is 0 Å². The Morgan fingerprint density at radius 1 is 1.42 bits per heavy atom. The van der Waals surface area contributed by atoms with Crippen LogP contribution in [0.3, 0.4) is 0 Å². The molecule has 1 aliphatic carbocycles. The fraction of sp³-hybridized carbons (Fsp3) is 0.647. The molecule has 1 amide bonds. The summed E-state index contributed by atoms with van der Waals surface area (Å²) in [5.74, 6) is 1.71. The molecule has 0 radical (unpaired) electrons. The molecule has 0 aliphatic heterocycles. The van der Waals surface area contributed by atoms with Crippen LogP contribution in [-0.2, 0) is 23.0 Å². The second kappa shape index (κ2) is 7.96. The molecular formula is C17H27N7O2. The first-order valence-corrected chi connectivity index (χ1v) is 9.09. The van der Waals surface area contributed by atoms with Crippen LogP contribution in [0, 0.1) is 0 Å². The molecule has 1 aliphatic rings. The number of nitrogens with zero attached hydrogens (tertiary/aromatic N) is 5. The first kappa shape index (κ1) is 18.5. The summed E-state index contributed by atoms with van der Waals surface area (Å²) in [5, 5.41) is 8.70. The molecule has 0 bridgehead atoms. The third-order valence-corrected chi connectivity index (χ3v) is 4.76. The highest BCUT2D eigenvalue weighted by Gasteiger charge is 2.33. The van der Waals surface area contributed by atoms with Gasteiger partial charge in [0.25, 0.3) is 0 Å². The molecule has 4 N–H and O–H groups in total. The van der Waals surface area contributed by atoms with Gasteiger partial charge >= 0.3 is 0 Å². The van der Waals surface area contributed by atoms with Gasteiger partial charge in [-0.3, -0.25) is 9.48 Å². The maximum atomic E-state index is 11.3. The Balaban J connectivity index is 1.86. The molecule has 0 saturated heterocycles. The van der Waals surface area contributed by atoms with E-state index in [1.807, 2.05) is 13.1 Å². The van der Waals surface area contributed by atoms with E-state index in [1.165, 1.54) is 0 Å². The molecule has 1 saturated carbocycles. The first-order chi connectivity index (χ1) is 12.5. The molecule has 2 aromatic heterocycles. The SMILES string of the molecule is CCCO[C@@H]1CC[C@H](c2nc(CC(N)=O)nn2-c2ccnn2C)C[C@H]1N. The van der Waals surface area contributed by atoms with Crippen molar-refractivity contribution in [3.63, 3.8) is 0 Å². The van der Waals surface area contributed by atoms with Crippen molar-refractivity contribution in [2.75, 3.05) is 6.61 Å². The molecule has 142 valence electrons. The summed E-state index contributed by atoms with van der Waals surface area (Å²) >= 11 is 0. The zero-order valence-electron chi connectivity index (χ0n) is 15.3. The Morgan fingerprint density at radius 2 is 2.23 bits per heavy atom. The van der Waals surface area contributed by atoms with Crippen molar-refractivity contribution in [3.8, 4) is 5.82 Å². The summed E-state index contributed by atoms with van der Waals surface area (Å²) in [6.07, 6.45) is 5.35. The van der Waals surface area contributed by atoms with Crippen LogP contribution >= 0.6 is 0 Å². The second-order valence-corrected chi connectivity index (χ2v) is 6.84. The van der Waals surface area contributed by atoms with Crippen LogP contribution in [0.25, 0.3) is 5.82 Å². The van der Waals surface area contributed by atoms with Crippen LogP contribution < -0.4 is 11.5 Å². The number of ether oxygens (including phenoxy) is 1. The zero-order valence-corrected chi connectivity index (χ0v) is 15.3. The average Bonchev–Trinajstić information content (AvgIpc) is 3.19. The molecule has 0 unspecified atom stereocenters. The minimum Gasteiger partial charge on any atom is -0.377 e. The number of hydrogen-bond donors (Lipinski definition) is 2. The van der Waals surface area contributed by atoms with Gasteiger partial charge < -0.3 is 16.2 Å². The molecule has 9 heteroatoms. The van der Waals surface area contributed by atoms with Crippen molar-refractivity contribution in [1.82, 2.24) is 24.5 Å². The van der Waals surface area contributed by atoms with Crippen molar-refractivity contribution in [1.29, 1.82) is 0 Å². The van der Waals surface area contributed by atoms with Crippen LogP contribution in [0.4, 0.5) is 0 Å². The highest BCUT2D eigenvalue weighted by Crippen LogP contribution is 2.33. The van der Waals surface area contributed by atoms with Gasteiger partial charge in [0.05, 0.1) is 18.7 Å². The summed E-state index contributed by atoms with van der Waals surface area (Å²) in [6.45, 7) is 2.82. The van der Waals surface area contributed by atoms with E-state index < -0.39 is 5.91 Å². The number of aryl methyl sites for hydroxylation is 1. The van der Waals surface area contributed by atoms with Crippen molar-refractivity contribution >= 4 is 5.91 Å². The number of carbonyl (C=O) groups excluding carboxylic acids is 1. The minimum atomic E-state index is -0.452. The Kier molecular flexibility index (Phi) is 5.67. The van der Waals surface area contributed by atoms with Gasteiger partial charge in [0.1, 0.15) is 5.82 Å². The maximum Gasteiger partial charge on any atom is 0.225 e. The molecule has 1 fully saturated rings. The molecule has 9 nitrogen and oxygen atoms in total. The lowest BCUT2D eigenvalue weighted by Gasteiger charge is -2.33. The molecule has 2 aromatic rings. The summed E-state index contributed by atoms with van der Waals surface area (Å²) in [5.41, 5.74) is 11.7. The first-order valence-electron chi connectivity index (χ1n) is 9.09. The van der Waals surface area contributed by atoms with E-state index in [0.29, 0.717) is 5.82 Å². The van der Waals surface area contributed by atoms with Gasteiger partial charge in [0, 0.05) is 31.7 Å². The Morgan fingerprint density at radius 3 is 2.85 bits per heavy atom. The van der Waals surface area contributed by atoms with Crippen LogP contribution in [0.15, 0.2) is 12.3 Å². The topological polar surface area (TPSA) is 127 Å². The van der Waals surface area contributed by atoms with Gasteiger partial charge in [-0.15, -0.1) is 5.10 Å². The van der Waals surface area contributed by atoms with Gasteiger partial charge in [-0.2, -0.15) is 9.78 Å². The number of carbonyl (C=O) groups is 1. The maximum absolute atomic E-state index is 11.3. The van der Waals surface area contributed by atoms with Crippen molar-refractivity contribution in [2.45, 2.75) is 57.1 Å². The Hall–Kier alpha value is -2.26. The van der Waals surface area contributed by atoms with E-state index in [9.17, 15) is 4.79 Å². The Bertz CT molecular complexity index is 754. The second-order valence-electron chi connectivity index (χ2n) is 6.84. The average molecular weight is 361 g/mol. The zero-order chi connectivity index (χ0) is 18.7. The van der Waals surface area contributed by atoms with Crippen LogP contribution in [-0.4, -0.2) is 49.2 Å². The van der Waals surface area contributed by atoms with Gasteiger partial charge in [0.15, 0.2) is 11.6 Å². The highest BCUT2D eigenvalue weighted by molar-refractivity contribution is 5.75. The molecule has 0 aromatic carbocycles. The van der Waals surface area contributed by atoms with Crippen molar-refractivity contribution in [2.24, 2.45) is 18.5 Å². The third-order valence-electron chi connectivity index (χ3n) is 4.76. The minimum absolute atomic E-state index is 0.0128. The molecule has 26 heavy (non-hydrogen) atoms. The third kappa shape index (κ3) is 3.94. The number of amides is 1. The van der Waals surface area contributed by atoms with E-state index in [4.69, 9.17) is 16.2 Å². The largest absolute Gasteiger partial charge is 0.377 e. The molecule has 3 rings (SSSR count). The van der Waals surface area contributed by atoms with E-state index >= 15 is 0 Å². The smallest absolute Gasteiger partial charge is 0.225 e.